The van der Waals surface area contributed by atoms with Crippen LogP contribution >= 0.6 is 22.9 Å². The highest BCUT2D eigenvalue weighted by Crippen LogP contribution is 2.32. The summed E-state index contributed by atoms with van der Waals surface area (Å²) in [6, 6.07) is 11.3. The van der Waals surface area contributed by atoms with Crippen LogP contribution < -0.4 is 10.5 Å². The van der Waals surface area contributed by atoms with Crippen molar-refractivity contribution in [3.63, 3.8) is 0 Å². The molecule has 13 heteroatoms. The van der Waals surface area contributed by atoms with E-state index in [1.807, 2.05) is 30.3 Å². The summed E-state index contributed by atoms with van der Waals surface area (Å²) in [6.07, 6.45) is -0.659. The van der Waals surface area contributed by atoms with Crippen molar-refractivity contribution in [2.45, 2.75) is 32.2 Å². The first-order valence-electron chi connectivity index (χ1n) is 10.5. The van der Waals surface area contributed by atoms with Gasteiger partial charge in [-0.1, -0.05) is 48.9 Å². The van der Waals surface area contributed by atoms with E-state index in [1.54, 1.807) is 13.0 Å². The predicted molar refractivity (Wildman–Crippen MR) is 131 cm³/mol. The number of anilines is 1. The lowest BCUT2D eigenvalue weighted by molar-refractivity contribution is 0.0207. The minimum Gasteiger partial charge on any atom is -0.388 e. The van der Waals surface area contributed by atoms with Crippen LogP contribution in [0.4, 0.5) is 10.2 Å². The van der Waals surface area contributed by atoms with Crippen molar-refractivity contribution in [1.29, 1.82) is 0 Å². The first-order chi connectivity index (χ1) is 16.6. The molecule has 0 radical (unpaired) electrons. The molecule has 3 aromatic rings. The van der Waals surface area contributed by atoms with Gasteiger partial charge in [0, 0.05) is 12.1 Å². The molecule has 3 atom stereocenters. The Balaban J connectivity index is 1.76. The normalized spacial score (nSPS) is 14.3. The van der Waals surface area contributed by atoms with Crippen LogP contribution in [0.25, 0.3) is 0 Å². The number of carbonyl (C=O) groups excluding carboxylic acids is 1. The van der Waals surface area contributed by atoms with Gasteiger partial charge in [-0.3, -0.25) is 8.98 Å². The molecule has 35 heavy (non-hydrogen) atoms. The highest BCUT2D eigenvalue weighted by molar-refractivity contribution is 7.84. The number of aromatic nitrogens is 2. The number of aliphatic hydroxyl groups excluding tert-OH is 1. The Bertz CT molecular complexity index is 1260. The Labute approximate surface area is 211 Å². The molecule has 0 aliphatic rings. The second-order valence-corrected chi connectivity index (χ2v) is 10.5. The number of nitrogens with one attached hydrogen (secondary N) is 1. The number of hydrogen-bond donors (Lipinski definition) is 3. The number of nitrogens with zero attached hydrogens (tertiary/aromatic N) is 2. The maximum Gasteiger partial charge on any atom is 0.333 e. The fourth-order valence-electron chi connectivity index (χ4n) is 3.29. The Morgan fingerprint density at radius 1 is 1.34 bits per heavy atom. The van der Waals surface area contributed by atoms with Crippen LogP contribution in [0.3, 0.4) is 0 Å². The number of rotatable bonds is 12. The Kier molecular flexibility index (Phi) is 9.27. The third-order valence-electron chi connectivity index (χ3n) is 5.20. The van der Waals surface area contributed by atoms with E-state index in [1.165, 1.54) is 6.20 Å². The van der Waals surface area contributed by atoms with Gasteiger partial charge in [-0.05, 0) is 30.0 Å². The van der Waals surface area contributed by atoms with E-state index in [2.05, 4.69) is 19.5 Å². The van der Waals surface area contributed by atoms with Crippen LogP contribution in [-0.4, -0.2) is 48.3 Å². The maximum absolute atomic E-state index is 14.9. The topological polar surface area (TPSA) is 144 Å². The highest BCUT2D eigenvalue weighted by atomic mass is 35.5. The van der Waals surface area contributed by atoms with E-state index in [4.69, 9.17) is 16.7 Å². The molecule has 188 valence electrons. The van der Waals surface area contributed by atoms with Crippen molar-refractivity contribution in [3.8, 4) is 0 Å². The predicted octanol–water partition coefficient (Wildman–Crippen LogP) is 3.33. The lowest BCUT2D eigenvalue weighted by Crippen LogP contribution is -2.39. The molecule has 0 aliphatic carbocycles. The molecule has 0 bridgehead atoms. The molecule has 3 rings (SSSR count). The molecule has 0 amide bonds. The van der Waals surface area contributed by atoms with Crippen molar-refractivity contribution in [1.82, 2.24) is 9.97 Å². The molecule has 0 saturated heterocycles. The number of alkyl halides is 1. The van der Waals surface area contributed by atoms with Gasteiger partial charge in [-0.25, -0.2) is 19.5 Å². The second-order valence-electron chi connectivity index (χ2n) is 7.67. The molecule has 4 N–H and O–H groups in total. The molecule has 0 saturated carbocycles. The summed E-state index contributed by atoms with van der Waals surface area (Å²) in [4.78, 5) is 21.3. The number of aliphatic hydroxyl groups is 1. The van der Waals surface area contributed by atoms with E-state index >= 15 is 0 Å². The van der Waals surface area contributed by atoms with Crippen LogP contribution in [0.15, 0.2) is 48.9 Å². The number of carbonyl (C=O) groups is 1. The van der Waals surface area contributed by atoms with Crippen LogP contribution in [0, 0.1) is 5.92 Å². The van der Waals surface area contributed by atoms with Gasteiger partial charge in [0.2, 0.25) is 5.78 Å². The molecular weight excluding hydrogens is 519 g/mol. The molecule has 0 spiro atoms. The third-order valence-corrected chi connectivity index (χ3v) is 7.11. The van der Waals surface area contributed by atoms with Gasteiger partial charge in [0.15, 0.2) is 6.30 Å². The zero-order valence-corrected chi connectivity index (χ0v) is 21.0. The van der Waals surface area contributed by atoms with Gasteiger partial charge in [0.1, 0.15) is 18.2 Å². The molecule has 0 fully saturated rings. The minimum absolute atomic E-state index is 0.0136. The Hall–Kier alpha value is -2.48. The fraction of sp³-hybridized carbons (Fsp3) is 0.318. The first kappa shape index (κ1) is 27.1. The maximum atomic E-state index is 14.9. The van der Waals surface area contributed by atoms with Crippen LogP contribution in [0.2, 0.25) is 4.34 Å². The summed E-state index contributed by atoms with van der Waals surface area (Å²) in [5, 5.41) is 17.5. The van der Waals surface area contributed by atoms with Crippen molar-refractivity contribution in [3.05, 3.63) is 74.8 Å². The van der Waals surface area contributed by atoms with Gasteiger partial charge in [-0.15, -0.1) is 11.3 Å². The quantitative estimate of drug-likeness (QED) is 0.233. The van der Waals surface area contributed by atoms with Crippen LogP contribution in [-0.2, 0) is 20.9 Å². The Morgan fingerprint density at radius 2 is 2.06 bits per heavy atom. The number of thiophene rings is 1. The van der Waals surface area contributed by atoms with Gasteiger partial charge in [0.25, 0.3) is 0 Å². The van der Waals surface area contributed by atoms with E-state index in [0.29, 0.717) is 15.6 Å². The summed E-state index contributed by atoms with van der Waals surface area (Å²) in [5.41, 5.74) is 1.79. The van der Waals surface area contributed by atoms with Crippen LogP contribution in [0.1, 0.15) is 39.7 Å². The van der Waals surface area contributed by atoms with Gasteiger partial charge in [0.05, 0.1) is 21.4 Å². The minimum atomic E-state index is -4.25. The molecule has 0 unspecified atom stereocenters. The highest BCUT2D eigenvalue weighted by Gasteiger charge is 2.30. The zero-order chi connectivity index (χ0) is 25.6. The summed E-state index contributed by atoms with van der Waals surface area (Å²) in [6.45, 7) is 1.12. The van der Waals surface area contributed by atoms with Crippen molar-refractivity contribution in [2.24, 2.45) is 11.1 Å². The summed E-state index contributed by atoms with van der Waals surface area (Å²) in [5.74, 6) is -1.49. The zero-order valence-electron chi connectivity index (χ0n) is 18.6. The standard InChI is InChI=1S/C22H24ClFN4O5S2/c1-2-14(11-33-35(25,31)32)18(29)21(24)28-22-16(10-26-12-27-22)19(30)17-9-15(20(23)34-17)8-13-6-4-3-5-7-13/h3-7,9-10,12,14,18,21,29H,2,8,11H2,1H3,(H2,25,31,32)(H,26,27,28)/t14-,18-,21-/m1/s1. The lowest BCUT2D eigenvalue weighted by Gasteiger charge is -2.25. The van der Waals surface area contributed by atoms with E-state index in [0.717, 1.165) is 28.8 Å². The molecule has 2 aromatic heterocycles. The average Bonchev–Trinajstić information content (AvgIpc) is 3.19. The number of hydrogen-bond acceptors (Lipinski definition) is 9. The van der Waals surface area contributed by atoms with E-state index in [9.17, 15) is 22.7 Å². The molecule has 9 nitrogen and oxygen atoms in total. The third kappa shape index (κ3) is 7.50. The summed E-state index contributed by atoms with van der Waals surface area (Å²) < 4.78 is 41.9. The van der Waals surface area contributed by atoms with Crippen molar-refractivity contribution in [2.75, 3.05) is 11.9 Å². The van der Waals surface area contributed by atoms with Crippen LogP contribution in [0.5, 0.6) is 0 Å². The van der Waals surface area contributed by atoms with Crippen molar-refractivity contribution >= 4 is 44.8 Å². The molecule has 1 aromatic carbocycles. The van der Waals surface area contributed by atoms with Gasteiger partial charge >= 0.3 is 10.3 Å². The number of nitrogens with two attached hydrogens (primary N) is 1. The molecule has 2 heterocycles. The summed E-state index contributed by atoms with van der Waals surface area (Å²) >= 11 is 7.46. The smallest absolute Gasteiger partial charge is 0.333 e. The molecular formula is C22H24ClFN4O5S2. The SMILES string of the molecule is CC[C@H](COS(N)(=O)=O)[C@@H](O)[C@H](F)Nc1ncncc1C(=O)c1cc(Cc2ccccc2)c(Cl)s1. The van der Waals surface area contributed by atoms with Crippen molar-refractivity contribution < 1.29 is 26.9 Å². The summed E-state index contributed by atoms with van der Waals surface area (Å²) in [7, 11) is -4.25. The number of ketones is 1. The molecule has 0 aliphatic heterocycles. The Morgan fingerprint density at radius 3 is 2.71 bits per heavy atom. The second kappa shape index (κ2) is 12.0. The lowest BCUT2D eigenvalue weighted by atomic mass is 9.99. The van der Waals surface area contributed by atoms with Gasteiger partial charge < -0.3 is 10.4 Å². The largest absolute Gasteiger partial charge is 0.388 e. The van der Waals surface area contributed by atoms with E-state index in [-0.39, 0.29) is 17.8 Å². The average molecular weight is 543 g/mol. The van der Waals surface area contributed by atoms with Gasteiger partial charge in [-0.2, -0.15) is 8.42 Å². The van der Waals surface area contributed by atoms with E-state index < -0.39 is 41.0 Å². The fourth-order valence-corrected chi connectivity index (χ4v) is 4.89. The first-order valence-corrected chi connectivity index (χ1v) is 13.2. The number of benzene rings is 1. The number of halogens is 2. The monoisotopic (exact) mass is 542 g/mol.